The van der Waals surface area contributed by atoms with Gasteiger partial charge in [0.15, 0.2) is 0 Å². The molecule has 17 heavy (non-hydrogen) atoms. The van der Waals surface area contributed by atoms with Crippen molar-refractivity contribution in [1.82, 2.24) is 4.90 Å². The third-order valence-corrected chi connectivity index (χ3v) is 2.46. The molecule has 0 radical (unpaired) electrons. The number of carbonyl (C=O) groups excluding carboxylic acids is 1. The lowest BCUT2D eigenvalue weighted by Gasteiger charge is -2.15. The Morgan fingerprint density at radius 2 is 2.06 bits per heavy atom. The Kier molecular flexibility index (Phi) is 5.26. The Morgan fingerprint density at radius 3 is 2.65 bits per heavy atom. The van der Waals surface area contributed by atoms with Gasteiger partial charge >= 0.3 is 5.97 Å². The zero-order valence-corrected chi connectivity index (χ0v) is 9.89. The summed E-state index contributed by atoms with van der Waals surface area (Å²) >= 11 is 0. The largest absolute Gasteiger partial charge is 0.481 e. The monoisotopic (exact) mass is 239 g/mol. The van der Waals surface area contributed by atoms with E-state index in [0.717, 1.165) is 5.56 Å². The van der Waals surface area contributed by atoms with Crippen molar-refractivity contribution in [1.29, 1.82) is 0 Å². The normalized spacial score (nSPS) is 10.2. The van der Waals surface area contributed by atoms with Crippen LogP contribution in [0.4, 0.5) is 0 Å². The van der Waals surface area contributed by atoms with Gasteiger partial charge in [-0.15, -0.1) is 0 Å². The first-order chi connectivity index (χ1) is 8.09. The standard InChI is InChI=1S/C12H17NO4/c1-13(8-10-6-7-17-9-10)11(14)4-2-3-5-12(15)16/h6-7,9H,2-5,8H2,1H3,(H,15,16). The molecule has 0 aliphatic heterocycles. The molecule has 1 rings (SSSR count). The number of amides is 1. The molecule has 5 nitrogen and oxygen atoms in total. The van der Waals surface area contributed by atoms with Crippen LogP contribution in [0.15, 0.2) is 23.0 Å². The van der Waals surface area contributed by atoms with Crippen molar-refractivity contribution >= 4 is 11.9 Å². The predicted octanol–water partition coefficient (Wildman–Crippen LogP) is 1.88. The third-order valence-electron chi connectivity index (χ3n) is 2.46. The van der Waals surface area contributed by atoms with Gasteiger partial charge in [-0.2, -0.15) is 0 Å². The number of rotatable bonds is 7. The highest BCUT2D eigenvalue weighted by atomic mass is 16.4. The lowest BCUT2D eigenvalue weighted by atomic mass is 10.2. The number of furan rings is 1. The Morgan fingerprint density at radius 1 is 1.35 bits per heavy atom. The van der Waals surface area contributed by atoms with Gasteiger partial charge in [-0.25, -0.2) is 0 Å². The molecule has 0 bridgehead atoms. The molecular weight excluding hydrogens is 222 g/mol. The highest BCUT2D eigenvalue weighted by Crippen LogP contribution is 2.07. The fraction of sp³-hybridized carbons (Fsp3) is 0.500. The van der Waals surface area contributed by atoms with Gasteiger partial charge in [-0.05, 0) is 18.9 Å². The second kappa shape index (κ2) is 6.73. The number of hydrogen-bond acceptors (Lipinski definition) is 3. The third kappa shape index (κ3) is 5.19. The smallest absolute Gasteiger partial charge is 0.303 e. The molecule has 0 spiro atoms. The van der Waals surface area contributed by atoms with E-state index < -0.39 is 5.97 Å². The maximum Gasteiger partial charge on any atom is 0.303 e. The van der Waals surface area contributed by atoms with E-state index >= 15 is 0 Å². The van der Waals surface area contributed by atoms with Crippen LogP contribution in [0.25, 0.3) is 0 Å². The van der Waals surface area contributed by atoms with Crippen LogP contribution in [0.1, 0.15) is 31.2 Å². The topological polar surface area (TPSA) is 70.8 Å². The molecule has 0 aliphatic carbocycles. The minimum absolute atomic E-state index is 0.0246. The molecule has 1 amide bonds. The summed E-state index contributed by atoms with van der Waals surface area (Å²) in [5, 5.41) is 8.45. The Bertz CT molecular complexity index is 359. The van der Waals surface area contributed by atoms with Crippen LogP contribution in [0.5, 0.6) is 0 Å². The van der Waals surface area contributed by atoms with Crippen LogP contribution in [0, 0.1) is 0 Å². The van der Waals surface area contributed by atoms with Crippen molar-refractivity contribution in [3.63, 3.8) is 0 Å². The average Bonchev–Trinajstić information content (AvgIpc) is 2.76. The first-order valence-corrected chi connectivity index (χ1v) is 5.56. The number of unbranched alkanes of at least 4 members (excludes halogenated alkanes) is 1. The van der Waals surface area contributed by atoms with E-state index in [0.29, 0.717) is 25.8 Å². The summed E-state index contributed by atoms with van der Waals surface area (Å²) in [6, 6.07) is 1.81. The van der Waals surface area contributed by atoms with Gasteiger partial charge in [0.05, 0.1) is 12.5 Å². The zero-order valence-electron chi connectivity index (χ0n) is 9.89. The molecule has 1 heterocycles. The molecular formula is C12H17NO4. The molecule has 1 aromatic rings. The van der Waals surface area contributed by atoms with Crippen LogP contribution < -0.4 is 0 Å². The number of carbonyl (C=O) groups is 2. The number of aliphatic carboxylic acids is 1. The van der Waals surface area contributed by atoms with Gasteiger partial charge in [-0.1, -0.05) is 0 Å². The fourth-order valence-corrected chi connectivity index (χ4v) is 1.49. The van der Waals surface area contributed by atoms with Crippen molar-refractivity contribution in [2.24, 2.45) is 0 Å². The Labute approximate surface area is 100 Å². The lowest BCUT2D eigenvalue weighted by Crippen LogP contribution is -2.25. The van der Waals surface area contributed by atoms with Gasteiger partial charge in [0.1, 0.15) is 0 Å². The summed E-state index contributed by atoms with van der Waals surface area (Å²) < 4.78 is 4.92. The second-order valence-electron chi connectivity index (χ2n) is 3.98. The molecule has 0 saturated heterocycles. The summed E-state index contributed by atoms with van der Waals surface area (Å²) in [7, 11) is 1.73. The first kappa shape index (κ1) is 13.3. The minimum Gasteiger partial charge on any atom is -0.481 e. The quantitative estimate of drug-likeness (QED) is 0.737. The van der Waals surface area contributed by atoms with Gasteiger partial charge in [0.2, 0.25) is 5.91 Å². The van der Waals surface area contributed by atoms with Gasteiger partial charge in [-0.3, -0.25) is 9.59 Å². The highest BCUT2D eigenvalue weighted by molar-refractivity contribution is 5.75. The molecule has 0 aliphatic rings. The fourth-order valence-electron chi connectivity index (χ4n) is 1.49. The van der Waals surface area contributed by atoms with Crippen LogP contribution in [0.3, 0.4) is 0 Å². The van der Waals surface area contributed by atoms with Crippen molar-refractivity contribution in [3.8, 4) is 0 Å². The van der Waals surface area contributed by atoms with Crippen LogP contribution in [-0.4, -0.2) is 28.9 Å². The van der Waals surface area contributed by atoms with Gasteiger partial charge in [0, 0.05) is 32.0 Å². The minimum atomic E-state index is -0.816. The van der Waals surface area contributed by atoms with Gasteiger partial charge < -0.3 is 14.4 Å². The number of carboxylic acid groups (broad SMARTS) is 1. The van der Waals surface area contributed by atoms with Crippen molar-refractivity contribution < 1.29 is 19.1 Å². The van der Waals surface area contributed by atoms with Gasteiger partial charge in [0.25, 0.3) is 0 Å². The van der Waals surface area contributed by atoms with E-state index in [1.165, 1.54) is 0 Å². The lowest BCUT2D eigenvalue weighted by molar-refractivity contribution is -0.137. The maximum absolute atomic E-state index is 11.7. The van der Waals surface area contributed by atoms with Crippen molar-refractivity contribution in [2.45, 2.75) is 32.2 Å². The first-order valence-electron chi connectivity index (χ1n) is 5.56. The molecule has 94 valence electrons. The SMILES string of the molecule is CN(Cc1ccoc1)C(=O)CCCCC(=O)O. The van der Waals surface area contributed by atoms with Crippen molar-refractivity contribution in [2.75, 3.05) is 7.05 Å². The summed E-state index contributed by atoms with van der Waals surface area (Å²) in [6.45, 7) is 0.522. The van der Waals surface area contributed by atoms with E-state index in [1.54, 1.807) is 24.5 Å². The summed E-state index contributed by atoms with van der Waals surface area (Å²) in [4.78, 5) is 23.6. The number of carboxylic acids is 1. The van der Waals surface area contributed by atoms with Crippen LogP contribution >= 0.6 is 0 Å². The molecule has 0 atom stereocenters. The molecule has 1 aromatic heterocycles. The highest BCUT2D eigenvalue weighted by Gasteiger charge is 2.09. The molecule has 5 heteroatoms. The summed E-state index contributed by atoms with van der Waals surface area (Å²) in [6.07, 6.45) is 4.84. The maximum atomic E-state index is 11.7. The molecule has 0 saturated carbocycles. The van der Waals surface area contributed by atoms with E-state index in [-0.39, 0.29) is 12.3 Å². The van der Waals surface area contributed by atoms with Crippen molar-refractivity contribution in [3.05, 3.63) is 24.2 Å². The van der Waals surface area contributed by atoms with E-state index in [2.05, 4.69) is 0 Å². The van der Waals surface area contributed by atoms with E-state index in [4.69, 9.17) is 9.52 Å². The summed E-state index contributed by atoms with van der Waals surface area (Å²) in [5.74, 6) is -0.791. The molecule has 0 fully saturated rings. The number of nitrogens with zero attached hydrogens (tertiary/aromatic N) is 1. The molecule has 0 aromatic carbocycles. The van der Waals surface area contributed by atoms with Crippen LogP contribution in [-0.2, 0) is 16.1 Å². The second-order valence-corrected chi connectivity index (χ2v) is 3.98. The molecule has 0 unspecified atom stereocenters. The van der Waals surface area contributed by atoms with Crippen LogP contribution in [0.2, 0.25) is 0 Å². The predicted molar refractivity (Wildman–Crippen MR) is 61.3 cm³/mol. The number of hydrogen-bond donors (Lipinski definition) is 1. The Hall–Kier alpha value is -1.78. The molecule has 1 N–H and O–H groups in total. The average molecular weight is 239 g/mol. The Balaban J connectivity index is 2.20. The van der Waals surface area contributed by atoms with E-state index in [1.807, 2.05) is 6.07 Å². The summed E-state index contributed by atoms with van der Waals surface area (Å²) in [5.41, 5.74) is 0.950. The van der Waals surface area contributed by atoms with E-state index in [9.17, 15) is 9.59 Å². The zero-order chi connectivity index (χ0) is 12.7.